The minimum atomic E-state index is -1.17. The van der Waals surface area contributed by atoms with E-state index in [1.807, 2.05) is 6.92 Å². The molecule has 0 fully saturated rings. The van der Waals surface area contributed by atoms with Crippen LogP contribution in [0.1, 0.15) is 12.0 Å². The maximum atomic E-state index is 11.1. The van der Waals surface area contributed by atoms with Gasteiger partial charge < -0.3 is 10.4 Å². The van der Waals surface area contributed by atoms with Crippen LogP contribution in [0, 0.1) is 6.92 Å². The zero-order valence-corrected chi connectivity index (χ0v) is 8.84. The summed E-state index contributed by atoms with van der Waals surface area (Å²) in [6.07, 6.45) is -0.565. The third-order valence-corrected chi connectivity index (χ3v) is 2.04. The number of carboxylic acids is 1. The van der Waals surface area contributed by atoms with Crippen molar-refractivity contribution in [1.82, 2.24) is 0 Å². The van der Waals surface area contributed by atoms with Gasteiger partial charge in [-0.15, -0.1) is 0 Å². The van der Waals surface area contributed by atoms with Crippen molar-refractivity contribution in [2.75, 3.05) is 5.32 Å². The quantitative estimate of drug-likeness (QED) is 0.777. The Hall–Kier alpha value is -1.55. The van der Waals surface area contributed by atoms with Crippen LogP contribution >= 0.6 is 11.6 Å². The Morgan fingerprint density at radius 3 is 2.73 bits per heavy atom. The van der Waals surface area contributed by atoms with E-state index < -0.39 is 18.3 Å². The largest absolute Gasteiger partial charge is 0.481 e. The summed E-state index contributed by atoms with van der Waals surface area (Å²) in [5, 5.41) is 11.2. The van der Waals surface area contributed by atoms with Gasteiger partial charge >= 0.3 is 5.97 Å². The van der Waals surface area contributed by atoms with Gasteiger partial charge in [0.25, 0.3) is 0 Å². The summed E-state index contributed by atoms with van der Waals surface area (Å²) in [6.45, 7) is 1.85. The van der Waals surface area contributed by atoms with Crippen LogP contribution in [0.25, 0.3) is 0 Å². The molecule has 0 aliphatic rings. The van der Waals surface area contributed by atoms with Crippen LogP contribution in [0.15, 0.2) is 18.2 Å². The Balaban J connectivity index is 2.76. The van der Waals surface area contributed by atoms with Crippen molar-refractivity contribution in [3.8, 4) is 0 Å². The summed E-state index contributed by atoms with van der Waals surface area (Å²) in [5.74, 6) is -1.76. The van der Waals surface area contributed by atoms with Gasteiger partial charge in [0.05, 0.1) is 10.7 Å². The van der Waals surface area contributed by atoms with E-state index in [1.165, 1.54) is 0 Å². The molecule has 1 rings (SSSR count). The van der Waals surface area contributed by atoms with Crippen LogP contribution in [-0.2, 0) is 9.59 Å². The molecule has 0 saturated heterocycles. The van der Waals surface area contributed by atoms with Crippen LogP contribution in [0.2, 0.25) is 5.02 Å². The molecular formula is C10H10ClNO3. The number of anilines is 1. The topological polar surface area (TPSA) is 66.4 Å². The molecule has 0 heterocycles. The van der Waals surface area contributed by atoms with E-state index in [1.54, 1.807) is 18.2 Å². The number of hydrogen-bond donors (Lipinski definition) is 2. The summed E-state index contributed by atoms with van der Waals surface area (Å²) in [7, 11) is 0. The molecular weight excluding hydrogens is 218 g/mol. The van der Waals surface area contributed by atoms with Crippen molar-refractivity contribution in [3.05, 3.63) is 28.8 Å². The molecule has 1 aromatic rings. The molecule has 5 heteroatoms. The van der Waals surface area contributed by atoms with Gasteiger partial charge in [-0.25, -0.2) is 0 Å². The molecule has 15 heavy (non-hydrogen) atoms. The average Bonchev–Trinajstić information content (AvgIpc) is 2.10. The minimum Gasteiger partial charge on any atom is -0.481 e. The Kier molecular flexibility index (Phi) is 3.68. The number of aryl methyl sites for hydroxylation is 1. The molecule has 2 N–H and O–H groups in total. The molecule has 0 aliphatic carbocycles. The first-order valence-corrected chi connectivity index (χ1v) is 4.64. The molecule has 0 aromatic heterocycles. The third-order valence-electron chi connectivity index (χ3n) is 1.71. The molecule has 0 aliphatic heterocycles. The maximum Gasteiger partial charge on any atom is 0.312 e. The Morgan fingerprint density at radius 2 is 2.13 bits per heavy atom. The fraction of sp³-hybridized carbons (Fsp3) is 0.200. The molecule has 1 amide bonds. The average molecular weight is 228 g/mol. The monoisotopic (exact) mass is 227 g/mol. The SMILES string of the molecule is Cc1ccc(Cl)c(NC(=O)CC(=O)O)c1. The second-order valence-electron chi connectivity index (χ2n) is 3.10. The van der Waals surface area contributed by atoms with Gasteiger partial charge in [-0.3, -0.25) is 9.59 Å². The number of amides is 1. The van der Waals surface area contributed by atoms with Gasteiger partial charge in [0, 0.05) is 0 Å². The number of carbonyl (C=O) groups is 2. The zero-order chi connectivity index (χ0) is 11.4. The summed E-state index contributed by atoms with van der Waals surface area (Å²) >= 11 is 5.81. The summed E-state index contributed by atoms with van der Waals surface area (Å²) in [6, 6.07) is 5.13. The van der Waals surface area contributed by atoms with Crippen molar-refractivity contribution in [2.24, 2.45) is 0 Å². The number of benzene rings is 1. The first kappa shape index (κ1) is 11.5. The highest BCUT2D eigenvalue weighted by atomic mass is 35.5. The highest BCUT2D eigenvalue weighted by Gasteiger charge is 2.09. The van der Waals surface area contributed by atoms with Crippen LogP contribution < -0.4 is 5.32 Å². The predicted octanol–water partition coefficient (Wildman–Crippen LogP) is 2.06. The Bertz CT molecular complexity index is 404. The Morgan fingerprint density at radius 1 is 1.47 bits per heavy atom. The second-order valence-corrected chi connectivity index (χ2v) is 3.51. The first-order chi connectivity index (χ1) is 6.99. The lowest BCUT2D eigenvalue weighted by Crippen LogP contribution is -2.16. The van der Waals surface area contributed by atoms with Gasteiger partial charge in [-0.1, -0.05) is 17.7 Å². The number of carboxylic acid groups (broad SMARTS) is 1. The summed E-state index contributed by atoms with van der Waals surface area (Å²) < 4.78 is 0. The predicted molar refractivity (Wildman–Crippen MR) is 57.1 cm³/mol. The lowest BCUT2D eigenvalue weighted by Gasteiger charge is -2.06. The van der Waals surface area contributed by atoms with Crippen molar-refractivity contribution >= 4 is 29.2 Å². The van der Waals surface area contributed by atoms with E-state index in [0.717, 1.165) is 5.56 Å². The van der Waals surface area contributed by atoms with E-state index in [0.29, 0.717) is 10.7 Å². The van der Waals surface area contributed by atoms with E-state index in [9.17, 15) is 9.59 Å². The zero-order valence-electron chi connectivity index (χ0n) is 8.08. The number of rotatable bonds is 3. The Labute approximate surface area is 91.9 Å². The van der Waals surface area contributed by atoms with Crippen LogP contribution in [0.3, 0.4) is 0 Å². The highest BCUT2D eigenvalue weighted by molar-refractivity contribution is 6.33. The van der Waals surface area contributed by atoms with Crippen LogP contribution in [0.4, 0.5) is 5.69 Å². The van der Waals surface area contributed by atoms with Crippen molar-refractivity contribution < 1.29 is 14.7 Å². The van der Waals surface area contributed by atoms with Crippen molar-refractivity contribution in [1.29, 1.82) is 0 Å². The molecule has 0 saturated carbocycles. The van der Waals surface area contributed by atoms with E-state index >= 15 is 0 Å². The molecule has 4 nitrogen and oxygen atoms in total. The number of halogens is 1. The van der Waals surface area contributed by atoms with E-state index in [4.69, 9.17) is 16.7 Å². The molecule has 0 atom stereocenters. The van der Waals surface area contributed by atoms with Gasteiger partial charge in [-0.2, -0.15) is 0 Å². The maximum absolute atomic E-state index is 11.1. The number of carbonyl (C=O) groups excluding carboxylic acids is 1. The smallest absolute Gasteiger partial charge is 0.312 e. The van der Waals surface area contributed by atoms with Gasteiger partial charge in [0.1, 0.15) is 6.42 Å². The van der Waals surface area contributed by atoms with Crippen LogP contribution in [-0.4, -0.2) is 17.0 Å². The minimum absolute atomic E-state index is 0.388. The number of nitrogens with one attached hydrogen (secondary N) is 1. The second kappa shape index (κ2) is 4.79. The third kappa shape index (κ3) is 3.59. The highest BCUT2D eigenvalue weighted by Crippen LogP contribution is 2.22. The van der Waals surface area contributed by atoms with Gasteiger partial charge in [0.15, 0.2) is 0 Å². The van der Waals surface area contributed by atoms with Gasteiger partial charge in [0.2, 0.25) is 5.91 Å². The van der Waals surface area contributed by atoms with E-state index in [2.05, 4.69) is 5.32 Å². The first-order valence-electron chi connectivity index (χ1n) is 4.27. The number of hydrogen-bond acceptors (Lipinski definition) is 2. The molecule has 1 aromatic carbocycles. The van der Waals surface area contributed by atoms with Crippen molar-refractivity contribution in [3.63, 3.8) is 0 Å². The van der Waals surface area contributed by atoms with E-state index in [-0.39, 0.29) is 0 Å². The normalized spacial score (nSPS) is 9.73. The molecule has 80 valence electrons. The summed E-state index contributed by atoms with van der Waals surface area (Å²) in [4.78, 5) is 21.4. The fourth-order valence-electron chi connectivity index (χ4n) is 1.07. The lowest BCUT2D eigenvalue weighted by molar-refractivity contribution is -0.139. The van der Waals surface area contributed by atoms with Crippen molar-refractivity contribution in [2.45, 2.75) is 13.3 Å². The molecule has 0 unspecified atom stereocenters. The van der Waals surface area contributed by atoms with Gasteiger partial charge in [-0.05, 0) is 24.6 Å². The fourth-order valence-corrected chi connectivity index (χ4v) is 1.23. The summed E-state index contributed by atoms with van der Waals surface area (Å²) in [5.41, 5.74) is 1.37. The standard InChI is InChI=1S/C10H10ClNO3/c1-6-2-3-7(11)8(4-6)12-9(13)5-10(14)15/h2-4H,5H2,1H3,(H,12,13)(H,14,15). The number of aliphatic carboxylic acids is 1. The molecule has 0 radical (unpaired) electrons. The lowest BCUT2D eigenvalue weighted by atomic mass is 10.2. The molecule has 0 spiro atoms. The van der Waals surface area contributed by atoms with Crippen LogP contribution in [0.5, 0.6) is 0 Å². The molecule has 0 bridgehead atoms.